The Morgan fingerprint density at radius 1 is 0.974 bits per heavy atom. The van der Waals surface area contributed by atoms with Crippen LogP contribution in [0.2, 0.25) is 0 Å². The fourth-order valence-electron chi connectivity index (χ4n) is 3.84. The number of amides is 1. The van der Waals surface area contributed by atoms with Crippen molar-refractivity contribution in [3.05, 3.63) is 88.2 Å². The number of thioether (sulfide) groups is 1. The van der Waals surface area contributed by atoms with Crippen molar-refractivity contribution in [1.82, 2.24) is 14.9 Å². The lowest BCUT2D eigenvalue weighted by Gasteiger charge is -2.14. The van der Waals surface area contributed by atoms with Gasteiger partial charge in [0.25, 0.3) is 11.5 Å². The van der Waals surface area contributed by atoms with Crippen molar-refractivity contribution < 1.29 is 19.1 Å². The highest BCUT2D eigenvalue weighted by molar-refractivity contribution is 7.99. The maximum Gasteiger partial charge on any atom is 0.266 e. The highest BCUT2D eigenvalue weighted by Gasteiger charge is 2.17. The number of hydrogen-bond donors (Lipinski definition) is 1. The molecule has 0 aliphatic carbocycles. The van der Waals surface area contributed by atoms with Crippen LogP contribution in [-0.4, -0.2) is 47.3 Å². The molecule has 4 rings (SSSR count). The van der Waals surface area contributed by atoms with E-state index in [1.54, 1.807) is 73.8 Å². The highest BCUT2D eigenvalue weighted by Crippen LogP contribution is 2.25. The summed E-state index contributed by atoms with van der Waals surface area (Å²) in [5.74, 6) is 0.995. The molecule has 8 nitrogen and oxygen atoms in total. The largest absolute Gasteiger partial charge is 0.497 e. The van der Waals surface area contributed by atoms with E-state index in [9.17, 15) is 14.4 Å². The topological polar surface area (TPSA) is 99.5 Å². The van der Waals surface area contributed by atoms with E-state index in [-0.39, 0.29) is 23.0 Å². The first kappa shape index (κ1) is 26.9. The molecular formula is C29H29N3O5S. The predicted molar refractivity (Wildman–Crippen MR) is 149 cm³/mol. The van der Waals surface area contributed by atoms with Crippen LogP contribution in [0.3, 0.4) is 0 Å². The van der Waals surface area contributed by atoms with Crippen LogP contribution >= 0.6 is 11.8 Å². The van der Waals surface area contributed by atoms with Crippen molar-refractivity contribution in [3.8, 4) is 17.2 Å². The number of Topliss-reactive ketones (excluding diaryl/α,β-unsaturated/α-hetero) is 1. The number of nitrogens with zero attached hydrogens (tertiary/aromatic N) is 2. The van der Waals surface area contributed by atoms with Gasteiger partial charge in [-0.2, -0.15) is 0 Å². The molecule has 196 valence electrons. The number of methoxy groups -OCH3 is 1. The van der Waals surface area contributed by atoms with Crippen LogP contribution in [0.15, 0.2) is 76.7 Å². The van der Waals surface area contributed by atoms with Crippen LogP contribution in [0.4, 0.5) is 0 Å². The molecule has 9 heteroatoms. The minimum atomic E-state index is -0.306. The molecule has 0 bridgehead atoms. The van der Waals surface area contributed by atoms with E-state index in [1.165, 1.54) is 4.57 Å². The predicted octanol–water partition coefficient (Wildman–Crippen LogP) is 4.91. The standard InChI is InChI=1S/C29H29N3O5S/c1-4-15-30-27(34)20-11-14-24-25(16-20)31-29(32(28(24)35)21-7-6-8-23(17-21)36-3)38-18-26(33)19-9-12-22(13-10-19)37-5-2/h6-14,16-17H,4-5,15,18H2,1-3H3,(H,30,34). The highest BCUT2D eigenvalue weighted by atomic mass is 32.2. The van der Waals surface area contributed by atoms with Gasteiger partial charge in [-0.1, -0.05) is 24.8 Å². The van der Waals surface area contributed by atoms with Crippen LogP contribution in [0.5, 0.6) is 11.5 Å². The lowest BCUT2D eigenvalue weighted by Crippen LogP contribution is -2.25. The van der Waals surface area contributed by atoms with Gasteiger partial charge in [-0.25, -0.2) is 4.98 Å². The summed E-state index contributed by atoms with van der Waals surface area (Å²) in [7, 11) is 1.55. The van der Waals surface area contributed by atoms with E-state index in [0.29, 0.717) is 57.5 Å². The molecule has 0 aliphatic heterocycles. The maximum atomic E-state index is 13.7. The molecule has 0 fully saturated rings. The van der Waals surface area contributed by atoms with Crippen molar-refractivity contribution in [2.45, 2.75) is 25.4 Å². The Kier molecular flexibility index (Phi) is 8.81. The van der Waals surface area contributed by atoms with Crippen LogP contribution in [-0.2, 0) is 0 Å². The van der Waals surface area contributed by atoms with Gasteiger partial charge in [0.1, 0.15) is 11.5 Å². The summed E-state index contributed by atoms with van der Waals surface area (Å²) in [5, 5.41) is 3.54. The summed E-state index contributed by atoms with van der Waals surface area (Å²) in [6, 6.07) is 18.9. The average molecular weight is 532 g/mol. The van der Waals surface area contributed by atoms with E-state index in [0.717, 1.165) is 18.2 Å². The van der Waals surface area contributed by atoms with Gasteiger partial charge in [-0.15, -0.1) is 0 Å². The first-order chi connectivity index (χ1) is 18.4. The fourth-order valence-corrected chi connectivity index (χ4v) is 4.75. The second kappa shape index (κ2) is 12.4. The van der Waals surface area contributed by atoms with Crippen molar-refractivity contribution in [1.29, 1.82) is 0 Å². The Bertz CT molecular complexity index is 1520. The number of ketones is 1. The molecule has 0 radical (unpaired) electrons. The molecule has 0 saturated heterocycles. The number of rotatable bonds is 11. The third-order valence-corrected chi connectivity index (χ3v) is 6.71. The molecule has 1 amide bonds. The average Bonchev–Trinajstić information content (AvgIpc) is 2.95. The summed E-state index contributed by atoms with van der Waals surface area (Å²) in [4.78, 5) is 43.9. The second-order valence-electron chi connectivity index (χ2n) is 8.39. The minimum absolute atomic E-state index is 0.0621. The summed E-state index contributed by atoms with van der Waals surface area (Å²) in [6.45, 7) is 4.97. The number of fused-ring (bicyclic) bond motifs is 1. The number of hydrogen-bond acceptors (Lipinski definition) is 7. The number of carbonyl (C=O) groups excluding carboxylic acids is 2. The zero-order valence-electron chi connectivity index (χ0n) is 21.5. The third-order valence-electron chi connectivity index (χ3n) is 5.77. The molecule has 0 atom stereocenters. The Labute approximate surface area is 225 Å². The minimum Gasteiger partial charge on any atom is -0.497 e. The summed E-state index contributed by atoms with van der Waals surface area (Å²) in [6.07, 6.45) is 0.811. The maximum absolute atomic E-state index is 13.7. The van der Waals surface area contributed by atoms with Gasteiger partial charge in [0.2, 0.25) is 0 Å². The SMILES string of the molecule is CCCNC(=O)c1ccc2c(=O)n(-c3cccc(OC)c3)c(SCC(=O)c3ccc(OCC)cc3)nc2c1. The molecule has 38 heavy (non-hydrogen) atoms. The molecule has 4 aromatic rings. The van der Waals surface area contributed by atoms with E-state index < -0.39 is 0 Å². The molecule has 1 N–H and O–H groups in total. The Morgan fingerprint density at radius 2 is 1.74 bits per heavy atom. The van der Waals surface area contributed by atoms with Gasteiger partial charge in [-0.3, -0.25) is 19.0 Å². The molecular weight excluding hydrogens is 502 g/mol. The summed E-state index contributed by atoms with van der Waals surface area (Å²) in [5.41, 5.74) is 1.59. The van der Waals surface area contributed by atoms with Crippen molar-refractivity contribution >= 4 is 34.4 Å². The summed E-state index contributed by atoms with van der Waals surface area (Å²) >= 11 is 1.16. The second-order valence-corrected chi connectivity index (χ2v) is 9.34. The zero-order valence-corrected chi connectivity index (χ0v) is 22.3. The lowest BCUT2D eigenvalue weighted by molar-refractivity contribution is 0.0952. The smallest absolute Gasteiger partial charge is 0.266 e. The van der Waals surface area contributed by atoms with Gasteiger partial charge in [0, 0.05) is 23.7 Å². The van der Waals surface area contributed by atoms with Gasteiger partial charge in [0.05, 0.1) is 36.1 Å². The number of nitrogens with one attached hydrogen (secondary N) is 1. The fraction of sp³-hybridized carbons (Fsp3) is 0.241. The number of aromatic nitrogens is 2. The van der Waals surface area contributed by atoms with Crippen LogP contribution in [0.1, 0.15) is 41.0 Å². The van der Waals surface area contributed by atoms with Crippen LogP contribution in [0, 0.1) is 0 Å². The van der Waals surface area contributed by atoms with Gasteiger partial charge < -0.3 is 14.8 Å². The molecule has 0 spiro atoms. The van der Waals surface area contributed by atoms with E-state index in [4.69, 9.17) is 14.5 Å². The molecule has 0 saturated carbocycles. The number of carbonyl (C=O) groups is 2. The van der Waals surface area contributed by atoms with Crippen molar-refractivity contribution in [3.63, 3.8) is 0 Å². The van der Waals surface area contributed by atoms with Crippen LogP contribution in [0.25, 0.3) is 16.6 Å². The molecule has 0 aliphatic rings. The Morgan fingerprint density at radius 3 is 2.45 bits per heavy atom. The third kappa shape index (κ3) is 6.06. The van der Waals surface area contributed by atoms with E-state index >= 15 is 0 Å². The van der Waals surface area contributed by atoms with E-state index in [1.807, 2.05) is 13.8 Å². The number of benzene rings is 3. The molecule has 1 aromatic heterocycles. The summed E-state index contributed by atoms with van der Waals surface area (Å²) < 4.78 is 12.3. The molecule has 1 heterocycles. The molecule has 0 unspecified atom stereocenters. The zero-order chi connectivity index (χ0) is 27.1. The van der Waals surface area contributed by atoms with Gasteiger partial charge in [-0.05, 0) is 67.9 Å². The van der Waals surface area contributed by atoms with Gasteiger partial charge >= 0.3 is 0 Å². The molecule has 3 aromatic carbocycles. The lowest BCUT2D eigenvalue weighted by atomic mass is 10.1. The quantitative estimate of drug-likeness (QED) is 0.167. The van der Waals surface area contributed by atoms with E-state index in [2.05, 4.69) is 5.32 Å². The Hall–Kier alpha value is -4.11. The van der Waals surface area contributed by atoms with Crippen LogP contribution < -0.4 is 20.3 Å². The van der Waals surface area contributed by atoms with Crippen molar-refractivity contribution in [2.75, 3.05) is 26.0 Å². The first-order valence-electron chi connectivity index (χ1n) is 12.3. The Balaban J connectivity index is 1.73. The monoisotopic (exact) mass is 531 g/mol. The van der Waals surface area contributed by atoms with Crippen molar-refractivity contribution in [2.24, 2.45) is 0 Å². The normalized spacial score (nSPS) is 10.8. The van der Waals surface area contributed by atoms with Gasteiger partial charge in [0.15, 0.2) is 10.9 Å². The number of ether oxygens (including phenoxy) is 2. The first-order valence-corrected chi connectivity index (χ1v) is 13.3.